The fourth-order valence-electron chi connectivity index (χ4n) is 3.29. The predicted octanol–water partition coefficient (Wildman–Crippen LogP) is 3.44. The van der Waals surface area contributed by atoms with E-state index in [2.05, 4.69) is 26.3 Å². The first kappa shape index (κ1) is 19.9. The Morgan fingerprint density at radius 2 is 2.08 bits per heavy atom. The zero-order chi connectivity index (χ0) is 17.1. The van der Waals surface area contributed by atoms with Crippen LogP contribution in [0.15, 0.2) is 34.9 Å². The lowest BCUT2D eigenvalue weighted by Gasteiger charge is -2.31. The number of nitrogens with zero attached hydrogens (tertiary/aromatic N) is 3. The maximum Gasteiger partial charge on any atom is 0.257 e. The monoisotopic (exact) mass is 426 g/mol. The number of piperidine rings is 1. The molecule has 1 N–H and O–H groups in total. The first-order valence-electron chi connectivity index (χ1n) is 8.34. The summed E-state index contributed by atoms with van der Waals surface area (Å²) in [5.74, 6) is 0.765. The summed E-state index contributed by atoms with van der Waals surface area (Å²) in [5, 5.41) is 7.65. The molecule has 3 rings (SSSR count). The number of nitrogens with one attached hydrogen (secondary N) is 1. The molecule has 1 aliphatic rings. The van der Waals surface area contributed by atoms with Crippen LogP contribution in [0.25, 0.3) is 5.69 Å². The van der Waals surface area contributed by atoms with Gasteiger partial charge in [-0.25, -0.2) is 4.68 Å². The van der Waals surface area contributed by atoms with Crippen molar-refractivity contribution in [2.45, 2.75) is 19.8 Å². The molecule has 0 bridgehead atoms. The molecule has 5 nitrogen and oxygen atoms in total. The van der Waals surface area contributed by atoms with E-state index in [0.717, 1.165) is 48.3 Å². The zero-order valence-corrected chi connectivity index (χ0v) is 16.9. The molecular formula is C18H24BrClN4O. The summed E-state index contributed by atoms with van der Waals surface area (Å²) >= 11 is 3.48. The van der Waals surface area contributed by atoms with E-state index in [1.54, 1.807) is 6.20 Å². The van der Waals surface area contributed by atoms with Gasteiger partial charge in [0.15, 0.2) is 0 Å². The average Bonchev–Trinajstić information content (AvgIpc) is 2.97. The molecule has 1 aromatic carbocycles. The first-order chi connectivity index (χ1) is 11.6. The summed E-state index contributed by atoms with van der Waals surface area (Å²) in [7, 11) is 1.98. The Morgan fingerprint density at radius 3 is 2.72 bits per heavy atom. The van der Waals surface area contributed by atoms with Crippen molar-refractivity contribution >= 4 is 34.2 Å². The molecule has 0 atom stereocenters. The Hall–Kier alpha value is -1.37. The van der Waals surface area contributed by atoms with Gasteiger partial charge in [-0.2, -0.15) is 5.10 Å². The van der Waals surface area contributed by atoms with Crippen molar-refractivity contribution in [2.75, 3.05) is 26.7 Å². The van der Waals surface area contributed by atoms with Crippen LogP contribution in [0, 0.1) is 12.8 Å². The van der Waals surface area contributed by atoms with E-state index in [4.69, 9.17) is 0 Å². The van der Waals surface area contributed by atoms with Crippen LogP contribution < -0.4 is 5.32 Å². The molecule has 0 aliphatic carbocycles. The average molecular weight is 428 g/mol. The van der Waals surface area contributed by atoms with Crippen LogP contribution >= 0.6 is 28.3 Å². The summed E-state index contributed by atoms with van der Waals surface area (Å²) in [5.41, 5.74) is 2.53. The maximum absolute atomic E-state index is 12.8. The highest BCUT2D eigenvalue weighted by atomic mass is 79.9. The third-order valence-corrected chi connectivity index (χ3v) is 5.18. The summed E-state index contributed by atoms with van der Waals surface area (Å²) in [6, 6.07) is 7.93. The molecule has 0 unspecified atom stereocenters. The number of benzene rings is 1. The molecular weight excluding hydrogens is 404 g/mol. The van der Waals surface area contributed by atoms with E-state index >= 15 is 0 Å². The molecule has 2 heterocycles. The standard InChI is InChI=1S/C18H23BrN4O.ClH/c1-13-17(12-21-23(13)16-5-3-4-15(19)10-16)18(24)22-8-6-14(7-9-22)11-20-2;/h3-5,10,12,14,20H,6-9,11H2,1-2H3;1H. The van der Waals surface area contributed by atoms with Gasteiger partial charge in [0.25, 0.3) is 5.91 Å². The van der Waals surface area contributed by atoms with Crippen LogP contribution in [0.1, 0.15) is 28.9 Å². The second-order valence-electron chi connectivity index (χ2n) is 6.33. The number of rotatable bonds is 4. The molecule has 7 heteroatoms. The van der Waals surface area contributed by atoms with Gasteiger partial charge in [0, 0.05) is 17.6 Å². The highest BCUT2D eigenvalue weighted by Gasteiger charge is 2.25. The van der Waals surface area contributed by atoms with Gasteiger partial charge < -0.3 is 10.2 Å². The quantitative estimate of drug-likeness (QED) is 0.813. The zero-order valence-electron chi connectivity index (χ0n) is 14.5. The summed E-state index contributed by atoms with van der Waals surface area (Å²) in [6.07, 6.45) is 3.81. The third-order valence-electron chi connectivity index (χ3n) is 4.69. The Labute approximate surface area is 163 Å². The van der Waals surface area contributed by atoms with Gasteiger partial charge in [-0.3, -0.25) is 4.79 Å². The highest BCUT2D eigenvalue weighted by Crippen LogP contribution is 2.22. The van der Waals surface area contributed by atoms with Crippen molar-refractivity contribution in [2.24, 2.45) is 5.92 Å². The summed E-state index contributed by atoms with van der Waals surface area (Å²) in [6.45, 7) is 4.64. The fraction of sp³-hybridized carbons (Fsp3) is 0.444. The number of likely N-dealkylation sites (tertiary alicyclic amines) is 1. The summed E-state index contributed by atoms with van der Waals surface area (Å²) < 4.78 is 2.82. The second-order valence-corrected chi connectivity index (χ2v) is 7.24. The molecule has 1 saturated heterocycles. The molecule has 25 heavy (non-hydrogen) atoms. The van der Waals surface area contributed by atoms with E-state index < -0.39 is 0 Å². The van der Waals surface area contributed by atoms with Crippen LogP contribution in [0.4, 0.5) is 0 Å². The molecule has 1 aliphatic heterocycles. The molecule has 0 saturated carbocycles. The highest BCUT2D eigenvalue weighted by molar-refractivity contribution is 9.10. The molecule has 1 fully saturated rings. The van der Waals surface area contributed by atoms with Gasteiger partial charge in [-0.15, -0.1) is 12.4 Å². The van der Waals surface area contributed by atoms with Gasteiger partial charge in [0.2, 0.25) is 0 Å². The van der Waals surface area contributed by atoms with E-state index in [-0.39, 0.29) is 18.3 Å². The first-order valence-corrected chi connectivity index (χ1v) is 9.14. The second kappa shape index (κ2) is 8.83. The van der Waals surface area contributed by atoms with Gasteiger partial charge in [-0.1, -0.05) is 22.0 Å². The Bertz CT molecular complexity index is 726. The van der Waals surface area contributed by atoms with Crippen LogP contribution in [0.2, 0.25) is 0 Å². The minimum Gasteiger partial charge on any atom is -0.339 e. The van der Waals surface area contributed by atoms with Crippen molar-refractivity contribution in [3.8, 4) is 5.69 Å². The molecule has 1 amide bonds. The lowest BCUT2D eigenvalue weighted by Crippen LogP contribution is -2.40. The maximum atomic E-state index is 12.8. The lowest BCUT2D eigenvalue weighted by atomic mass is 9.96. The number of halogens is 2. The number of hydrogen-bond acceptors (Lipinski definition) is 3. The number of hydrogen-bond donors (Lipinski definition) is 1. The Morgan fingerprint density at radius 1 is 1.36 bits per heavy atom. The fourth-order valence-corrected chi connectivity index (χ4v) is 3.67. The topological polar surface area (TPSA) is 50.2 Å². The van der Waals surface area contributed by atoms with Crippen LogP contribution in [-0.2, 0) is 0 Å². The van der Waals surface area contributed by atoms with Crippen molar-refractivity contribution in [1.82, 2.24) is 20.0 Å². The van der Waals surface area contributed by atoms with Crippen molar-refractivity contribution in [3.05, 3.63) is 46.2 Å². The minimum atomic E-state index is 0. The van der Waals surface area contributed by atoms with E-state index in [0.29, 0.717) is 11.5 Å². The van der Waals surface area contributed by atoms with Crippen LogP contribution in [-0.4, -0.2) is 47.3 Å². The Kier molecular flexibility index (Phi) is 7.04. The van der Waals surface area contributed by atoms with E-state index in [1.807, 2.05) is 47.8 Å². The minimum absolute atomic E-state index is 0. The SMILES string of the molecule is CNCC1CCN(C(=O)c2cnn(-c3cccc(Br)c3)c2C)CC1.Cl. The third kappa shape index (κ3) is 4.43. The number of carbonyl (C=O) groups is 1. The molecule has 0 radical (unpaired) electrons. The summed E-state index contributed by atoms with van der Waals surface area (Å²) in [4.78, 5) is 14.8. The number of aromatic nitrogens is 2. The van der Waals surface area contributed by atoms with Crippen molar-refractivity contribution < 1.29 is 4.79 Å². The van der Waals surface area contributed by atoms with Crippen molar-refractivity contribution in [3.63, 3.8) is 0 Å². The van der Waals surface area contributed by atoms with Crippen LogP contribution in [0.5, 0.6) is 0 Å². The van der Waals surface area contributed by atoms with E-state index in [1.165, 1.54) is 0 Å². The van der Waals surface area contributed by atoms with Crippen LogP contribution in [0.3, 0.4) is 0 Å². The van der Waals surface area contributed by atoms with Crippen molar-refractivity contribution in [1.29, 1.82) is 0 Å². The van der Waals surface area contributed by atoms with Gasteiger partial charge in [0.05, 0.1) is 23.1 Å². The number of amides is 1. The van der Waals surface area contributed by atoms with E-state index in [9.17, 15) is 4.79 Å². The smallest absolute Gasteiger partial charge is 0.257 e. The molecule has 1 aromatic heterocycles. The lowest BCUT2D eigenvalue weighted by molar-refractivity contribution is 0.0690. The van der Waals surface area contributed by atoms with Gasteiger partial charge >= 0.3 is 0 Å². The predicted molar refractivity (Wildman–Crippen MR) is 106 cm³/mol. The normalized spacial score (nSPS) is 15.1. The largest absolute Gasteiger partial charge is 0.339 e. The molecule has 2 aromatic rings. The molecule has 136 valence electrons. The molecule has 0 spiro atoms. The van der Waals surface area contributed by atoms with Gasteiger partial charge in [0.1, 0.15) is 0 Å². The Balaban J connectivity index is 0.00000225. The van der Waals surface area contributed by atoms with Gasteiger partial charge in [-0.05, 0) is 57.5 Å². The number of carbonyl (C=O) groups excluding carboxylic acids is 1.